The Labute approximate surface area is 64.8 Å². The van der Waals surface area contributed by atoms with Crippen LogP contribution in [0.2, 0.25) is 0 Å². The molecule has 0 saturated carbocycles. The molecule has 1 N–H and O–H groups in total. The summed E-state index contributed by atoms with van der Waals surface area (Å²) in [5.74, 6) is 1.52. The lowest BCUT2D eigenvalue weighted by atomic mass is 10.1. The summed E-state index contributed by atoms with van der Waals surface area (Å²) in [5, 5.41) is 0. The highest BCUT2D eigenvalue weighted by Crippen LogP contribution is 2.30. The molecule has 0 saturated heterocycles. The molecule has 0 spiro atoms. The predicted molar refractivity (Wildman–Crippen MR) is 40.2 cm³/mol. The molecule has 1 aliphatic heterocycles. The Morgan fingerprint density at radius 2 is 2.09 bits per heavy atom. The van der Waals surface area contributed by atoms with Crippen LogP contribution in [0, 0.1) is 0 Å². The van der Waals surface area contributed by atoms with Crippen molar-refractivity contribution >= 4 is 0 Å². The third kappa shape index (κ3) is 1.03. The molecule has 11 heavy (non-hydrogen) atoms. The zero-order valence-corrected chi connectivity index (χ0v) is 6.26. The van der Waals surface area contributed by atoms with Gasteiger partial charge in [-0.25, -0.2) is 0 Å². The molecule has 1 aromatic carbocycles. The van der Waals surface area contributed by atoms with Crippen molar-refractivity contribution in [2.75, 3.05) is 0 Å². The molecule has 0 unspecified atom stereocenters. The van der Waals surface area contributed by atoms with Gasteiger partial charge < -0.3 is 9.68 Å². The molecule has 2 rings (SSSR count). The minimum Gasteiger partial charge on any atom is -0.370 e. The van der Waals surface area contributed by atoms with Gasteiger partial charge in [-0.3, -0.25) is 0 Å². The van der Waals surface area contributed by atoms with Gasteiger partial charge in [0, 0.05) is 5.64 Å². The summed E-state index contributed by atoms with van der Waals surface area (Å²) < 4.78 is 0. The number of rotatable bonds is 1. The number of nitrogens with one attached hydrogen (secondary N) is 1. The molecule has 3 nitrogen and oxygen atoms in total. The van der Waals surface area contributed by atoms with E-state index in [9.17, 15) is 0 Å². The summed E-state index contributed by atoms with van der Waals surface area (Å²) in [7, 11) is 0. The van der Waals surface area contributed by atoms with E-state index in [0.717, 1.165) is 17.9 Å². The maximum atomic E-state index is 4.97. The lowest BCUT2D eigenvalue weighted by Gasteiger charge is -1.96. The molecule has 0 fully saturated rings. The van der Waals surface area contributed by atoms with Crippen molar-refractivity contribution in [1.82, 2.24) is 5.64 Å². The zero-order chi connectivity index (χ0) is 7.68. The number of hydrogen-bond acceptors (Lipinski definition) is 3. The maximum Gasteiger partial charge on any atom is 0.196 e. The fourth-order valence-electron chi connectivity index (χ4n) is 1.05. The standard InChI is InChI=1S/C8H9NO2/c1-2-6-3-4-7-8(5-6)11-9-10-7/h3-5,9H,2H2,1H3. The van der Waals surface area contributed by atoms with Gasteiger partial charge in [0.25, 0.3) is 0 Å². The van der Waals surface area contributed by atoms with Crippen LogP contribution in [0.15, 0.2) is 18.2 Å². The molecule has 1 aliphatic rings. The molecule has 0 bridgehead atoms. The topological polar surface area (TPSA) is 30.5 Å². The van der Waals surface area contributed by atoms with E-state index in [1.807, 2.05) is 18.2 Å². The van der Waals surface area contributed by atoms with Gasteiger partial charge in [0.15, 0.2) is 11.5 Å². The van der Waals surface area contributed by atoms with Crippen LogP contribution in [0.3, 0.4) is 0 Å². The minimum atomic E-state index is 0.752. The first-order chi connectivity index (χ1) is 5.40. The van der Waals surface area contributed by atoms with E-state index in [4.69, 9.17) is 9.68 Å². The normalized spacial score (nSPS) is 13.5. The summed E-state index contributed by atoms with van der Waals surface area (Å²) in [6.45, 7) is 2.10. The van der Waals surface area contributed by atoms with Crippen LogP contribution < -0.4 is 15.3 Å². The molecular weight excluding hydrogens is 142 g/mol. The highest BCUT2D eigenvalue weighted by molar-refractivity contribution is 5.43. The third-order valence-electron chi connectivity index (χ3n) is 1.72. The summed E-state index contributed by atoms with van der Waals surface area (Å²) in [6, 6.07) is 5.89. The Kier molecular flexibility index (Phi) is 1.43. The van der Waals surface area contributed by atoms with E-state index < -0.39 is 0 Å². The molecule has 0 radical (unpaired) electrons. The van der Waals surface area contributed by atoms with Crippen LogP contribution in [0.5, 0.6) is 11.5 Å². The van der Waals surface area contributed by atoms with Gasteiger partial charge in [-0.1, -0.05) is 13.0 Å². The van der Waals surface area contributed by atoms with E-state index in [-0.39, 0.29) is 0 Å². The van der Waals surface area contributed by atoms with E-state index in [2.05, 4.69) is 12.6 Å². The quantitative estimate of drug-likeness (QED) is 0.658. The van der Waals surface area contributed by atoms with Crippen LogP contribution in [-0.2, 0) is 6.42 Å². The zero-order valence-electron chi connectivity index (χ0n) is 6.26. The Hall–Kier alpha value is -1.22. The first-order valence-electron chi connectivity index (χ1n) is 3.62. The summed E-state index contributed by atoms with van der Waals surface area (Å²) in [6.07, 6.45) is 1.01. The second kappa shape index (κ2) is 2.43. The Bertz CT molecular complexity index is 273. The Morgan fingerprint density at radius 1 is 1.27 bits per heavy atom. The monoisotopic (exact) mass is 151 g/mol. The molecule has 0 aliphatic carbocycles. The van der Waals surface area contributed by atoms with Gasteiger partial charge in [-0.2, -0.15) is 0 Å². The van der Waals surface area contributed by atoms with Crippen molar-refractivity contribution in [2.24, 2.45) is 0 Å². The highest BCUT2D eigenvalue weighted by atomic mass is 16.9. The number of fused-ring (bicyclic) bond motifs is 1. The van der Waals surface area contributed by atoms with E-state index in [0.29, 0.717) is 0 Å². The van der Waals surface area contributed by atoms with E-state index in [1.54, 1.807) is 0 Å². The summed E-state index contributed by atoms with van der Waals surface area (Å²) in [5.41, 5.74) is 3.59. The van der Waals surface area contributed by atoms with Crippen molar-refractivity contribution < 1.29 is 9.68 Å². The van der Waals surface area contributed by atoms with Crippen LogP contribution in [0.25, 0.3) is 0 Å². The molecule has 1 heterocycles. The number of hydrogen-bond donors (Lipinski definition) is 1. The lowest BCUT2D eigenvalue weighted by Crippen LogP contribution is -2.14. The fraction of sp³-hybridized carbons (Fsp3) is 0.250. The van der Waals surface area contributed by atoms with E-state index in [1.165, 1.54) is 5.56 Å². The van der Waals surface area contributed by atoms with E-state index >= 15 is 0 Å². The van der Waals surface area contributed by atoms with Gasteiger partial charge in [-0.15, -0.1) is 0 Å². The lowest BCUT2D eigenvalue weighted by molar-refractivity contribution is 0.0259. The Morgan fingerprint density at radius 3 is 2.91 bits per heavy atom. The summed E-state index contributed by atoms with van der Waals surface area (Å²) >= 11 is 0. The number of benzene rings is 1. The van der Waals surface area contributed by atoms with Gasteiger partial charge in [0.1, 0.15) is 0 Å². The molecule has 58 valence electrons. The molecule has 0 aromatic heterocycles. The van der Waals surface area contributed by atoms with Gasteiger partial charge in [0.2, 0.25) is 0 Å². The van der Waals surface area contributed by atoms with Gasteiger partial charge >= 0.3 is 0 Å². The Balaban J connectivity index is 2.41. The highest BCUT2D eigenvalue weighted by Gasteiger charge is 2.12. The average Bonchev–Trinajstić information content (AvgIpc) is 2.50. The molecule has 0 atom stereocenters. The first kappa shape index (κ1) is 6.49. The summed E-state index contributed by atoms with van der Waals surface area (Å²) in [4.78, 5) is 9.89. The van der Waals surface area contributed by atoms with Crippen LogP contribution >= 0.6 is 0 Å². The molecule has 1 aromatic rings. The predicted octanol–water partition coefficient (Wildman–Crippen LogP) is 1.44. The van der Waals surface area contributed by atoms with Crippen molar-refractivity contribution in [2.45, 2.75) is 13.3 Å². The first-order valence-corrected chi connectivity index (χ1v) is 3.62. The maximum absolute atomic E-state index is 4.97. The van der Waals surface area contributed by atoms with Crippen molar-refractivity contribution in [3.63, 3.8) is 0 Å². The number of aryl methyl sites for hydroxylation is 1. The third-order valence-corrected chi connectivity index (χ3v) is 1.72. The molecule has 0 amide bonds. The van der Waals surface area contributed by atoms with Gasteiger partial charge in [0.05, 0.1) is 0 Å². The second-order valence-corrected chi connectivity index (χ2v) is 2.42. The average molecular weight is 151 g/mol. The largest absolute Gasteiger partial charge is 0.370 e. The van der Waals surface area contributed by atoms with Crippen molar-refractivity contribution in [3.05, 3.63) is 23.8 Å². The van der Waals surface area contributed by atoms with Gasteiger partial charge in [-0.05, 0) is 24.1 Å². The second-order valence-electron chi connectivity index (χ2n) is 2.42. The van der Waals surface area contributed by atoms with Crippen LogP contribution in [0.4, 0.5) is 0 Å². The minimum absolute atomic E-state index is 0.752. The molecule has 3 heteroatoms. The van der Waals surface area contributed by atoms with Crippen molar-refractivity contribution in [3.8, 4) is 11.5 Å². The SMILES string of the molecule is CCc1ccc2c(c1)ONO2. The van der Waals surface area contributed by atoms with Crippen LogP contribution in [0.1, 0.15) is 12.5 Å². The fourth-order valence-corrected chi connectivity index (χ4v) is 1.05. The smallest absolute Gasteiger partial charge is 0.196 e. The molecular formula is C8H9NO2. The van der Waals surface area contributed by atoms with Crippen LogP contribution in [-0.4, -0.2) is 0 Å². The van der Waals surface area contributed by atoms with Crippen molar-refractivity contribution in [1.29, 1.82) is 0 Å².